The molecule has 1 saturated heterocycles. The average Bonchev–Trinajstić information content (AvgIpc) is 3.16. The Hall–Kier alpha value is -2.63. The minimum atomic E-state index is -0.463. The molecule has 1 aliphatic rings. The highest BCUT2D eigenvalue weighted by Crippen LogP contribution is 2.23. The zero-order valence-corrected chi connectivity index (χ0v) is 14.0. The lowest BCUT2D eigenvalue weighted by molar-refractivity contribution is -0.127. The van der Waals surface area contributed by atoms with Crippen molar-refractivity contribution in [3.05, 3.63) is 48.3 Å². The fourth-order valence-electron chi connectivity index (χ4n) is 3.15. The molecule has 0 radical (unpaired) electrons. The fourth-order valence-corrected chi connectivity index (χ4v) is 3.15. The zero-order chi connectivity index (χ0) is 17.1. The lowest BCUT2D eigenvalue weighted by atomic mass is 9.95. The molecule has 0 saturated carbocycles. The predicted octanol–water partition coefficient (Wildman–Crippen LogP) is 1.84. The first kappa shape index (κ1) is 16.2. The number of carbonyl (C=O) groups is 2. The summed E-state index contributed by atoms with van der Waals surface area (Å²) in [5.41, 5.74) is 1.75. The van der Waals surface area contributed by atoms with Crippen LogP contribution in [0.15, 0.2) is 42.7 Å². The number of carbonyl (C=O) groups excluding carboxylic acids is 2. The molecule has 0 bridgehead atoms. The van der Waals surface area contributed by atoms with E-state index in [2.05, 4.69) is 10.4 Å². The molecule has 1 fully saturated rings. The van der Waals surface area contributed by atoms with Gasteiger partial charge in [0.1, 0.15) is 6.04 Å². The predicted molar refractivity (Wildman–Crippen MR) is 91.6 cm³/mol. The summed E-state index contributed by atoms with van der Waals surface area (Å²) in [7, 11) is 1.81. The van der Waals surface area contributed by atoms with Gasteiger partial charge in [-0.1, -0.05) is 37.3 Å². The van der Waals surface area contributed by atoms with Gasteiger partial charge in [-0.25, -0.2) is 0 Å². The van der Waals surface area contributed by atoms with Crippen molar-refractivity contribution in [1.82, 2.24) is 15.1 Å². The Morgan fingerprint density at radius 1 is 1.38 bits per heavy atom. The Kier molecular flexibility index (Phi) is 4.64. The Morgan fingerprint density at radius 2 is 2.12 bits per heavy atom. The molecule has 126 valence electrons. The molecule has 2 atom stereocenters. The maximum atomic E-state index is 12.6. The van der Waals surface area contributed by atoms with E-state index in [1.807, 2.05) is 44.3 Å². The molecule has 2 unspecified atom stereocenters. The van der Waals surface area contributed by atoms with Gasteiger partial charge in [0.15, 0.2) is 0 Å². The highest BCUT2D eigenvalue weighted by Gasteiger charge is 2.35. The molecule has 6 heteroatoms. The van der Waals surface area contributed by atoms with Gasteiger partial charge in [0.2, 0.25) is 11.8 Å². The number of anilines is 1. The summed E-state index contributed by atoms with van der Waals surface area (Å²) in [6, 6.07) is 9.22. The van der Waals surface area contributed by atoms with Crippen molar-refractivity contribution in [2.24, 2.45) is 7.05 Å². The molecular formula is C18H22N4O2. The number of hydrogen-bond acceptors (Lipinski definition) is 3. The summed E-state index contributed by atoms with van der Waals surface area (Å²) in [4.78, 5) is 26.9. The molecule has 2 heterocycles. The number of nitrogens with zero attached hydrogens (tertiary/aromatic N) is 3. The Labute approximate surface area is 141 Å². The van der Waals surface area contributed by atoms with Crippen molar-refractivity contribution >= 4 is 17.5 Å². The topological polar surface area (TPSA) is 67.2 Å². The second-order valence-electron chi connectivity index (χ2n) is 6.08. The molecule has 1 aromatic heterocycles. The SMILES string of the molecule is CCC(C(=O)NC1CCN(c2cnn(C)c2)C1=O)c1ccccc1. The van der Waals surface area contributed by atoms with Gasteiger partial charge in [0.25, 0.3) is 0 Å². The van der Waals surface area contributed by atoms with Crippen LogP contribution >= 0.6 is 0 Å². The van der Waals surface area contributed by atoms with Crippen LogP contribution < -0.4 is 10.2 Å². The van der Waals surface area contributed by atoms with E-state index in [0.717, 1.165) is 11.3 Å². The molecular weight excluding hydrogens is 304 g/mol. The number of benzene rings is 1. The third-order valence-electron chi connectivity index (χ3n) is 4.45. The van der Waals surface area contributed by atoms with Crippen LogP contribution in [-0.2, 0) is 16.6 Å². The molecule has 3 rings (SSSR count). The number of nitrogens with one attached hydrogen (secondary N) is 1. The maximum absolute atomic E-state index is 12.6. The molecule has 0 aliphatic carbocycles. The van der Waals surface area contributed by atoms with E-state index < -0.39 is 6.04 Å². The summed E-state index contributed by atoms with van der Waals surface area (Å²) in [6.07, 6.45) is 4.79. The van der Waals surface area contributed by atoms with Crippen LogP contribution in [0.25, 0.3) is 0 Å². The van der Waals surface area contributed by atoms with Crippen molar-refractivity contribution < 1.29 is 9.59 Å². The number of hydrogen-bond donors (Lipinski definition) is 1. The Bertz CT molecular complexity index is 726. The first-order valence-electron chi connectivity index (χ1n) is 8.25. The summed E-state index contributed by atoms with van der Waals surface area (Å²) in [5.74, 6) is -0.388. The van der Waals surface area contributed by atoms with Crippen molar-refractivity contribution in [3.8, 4) is 0 Å². The molecule has 2 aromatic rings. The molecule has 6 nitrogen and oxygen atoms in total. The van der Waals surface area contributed by atoms with Crippen molar-refractivity contribution in [2.75, 3.05) is 11.4 Å². The lowest BCUT2D eigenvalue weighted by Crippen LogP contribution is -2.43. The third kappa shape index (κ3) is 3.18. The van der Waals surface area contributed by atoms with Crippen LogP contribution in [0.2, 0.25) is 0 Å². The second kappa shape index (κ2) is 6.86. The van der Waals surface area contributed by atoms with Gasteiger partial charge >= 0.3 is 0 Å². The van der Waals surface area contributed by atoms with Crippen LogP contribution in [0.3, 0.4) is 0 Å². The van der Waals surface area contributed by atoms with Crippen LogP contribution in [0, 0.1) is 0 Å². The number of amides is 2. The third-order valence-corrected chi connectivity index (χ3v) is 4.45. The van der Waals surface area contributed by atoms with E-state index in [4.69, 9.17) is 0 Å². The standard InChI is InChI=1S/C18H22N4O2/c1-3-15(13-7-5-4-6-8-13)17(23)20-16-9-10-22(18(16)24)14-11-19-21(2)12-14/h4-8,11-12,15-16H,3,9-10H2,1-2H3,(H,20,23). The van der Waals surface area contributed by atoms with Gasteiger partial charge in [0.05, 0.1) is 17.8 Å². The lowest BCUT2D eigenvalue weighted by Gasteiger charge is -2.19. The Morgan fingerprint density at radius 3 is 2.75 bits per heavy atom. The van der Waals surface area contributed by atoms with E-state index >= 15 is 0 Å². The Balaban J connectivity index is 1.67. The number of aryl methyl sites for hydroxylation is 1. The van der Waals surface area contributed by atoms with E-state index in [0.29, 0.717) is 19.4 Å². The molecule has 24 heavy (non-hydrogen) atoms. The van der Waals surface area contributed by atoms with Crippen LogP contribution in [0.4, 0.5) is 5.69 Å². The summed E-state index contributed by atoms with van der Waals surface area (Å²) in [5, 5.41) is 7.03. The number of rotatable bonds is 5. The van der Waals surface area contributed by atoms with Crippen LogP contribution in [0.1, 0.15) is 31.2 Å². The summed E-state index contributed by atoms with van der Waals surface area (Å²) in [6.45, 7) is 2.58. The van der Waals surface area contributed by atoms with E-state index in [1.165, 1.54) is 0 Å². The smallest absolute Gasteiger partial charge is 0.249 e. The van der Waals surface area contributed by atoms with Crippen molar-refractivity contribution in [1.29, 1.82) is 0 Å². The van der Waals surface area contributed by atoms with E-state index in [1.54, 1.807) is 22.0 Å². The zero-order valence-electron chi connectivity index (χ0n) is 14.0. The highest BCUT2D eigenvalue weighted by molar-refractivity contribution is 6.01. The summed E-state index contributed by atoms with van der Waals surface area (Å²) < 4.78 is 1.66. The molecule has 1 aromatic carbocycles. The van der Waals surface area contributed by atoms with Crippen LogP contribution in [-0.4, -0.2) is 34.2 Å². The van der Waals surface area contributed by atoms with Gasteiger partial charge in [-0.2, -0.15) is 5.10 Å². The monoisotopic (exact) mass is 326 g/mol. The highest BCUT2D eigenvalue weighted by atomic mass is 16.2. The van der Waals surface area contributed by atoms with E-state index in [-0.39, 0.29) is 17.7 Å². The molecule has 1 aliphatic heterocycles. The second-order valence-corrected chi connectivity index (χ2v) is 6.08. The largest absolute Gasteiger partial charge is 0.344 e. The van der Waals surface area contributed by atoms with Crippen molar-refractivity contribution in [2.45, 2.75) is 31.7 Å². The molecule has 0 spiro atoms. The summed E-state index contributed by atoms with van der Waals surface area (Å²) >= 11 is 0. The van der Waals surface area contributed by atoms with Gasteiger partial charge in [-0.3, -0.25) is 14.3 Å². The first-order chi connectivity index (χ1) is 11.6. The maximum Gasteiger partial charge on any atom is 0.249 e. The average molecular weight is 326 g/mol. The van der Waals surface area contributed by atoms with Crippen molar-refractivity contribution in [3.63, 3.8) is 0 Å². The minimum absolute atomic E-state index is 0.0701. The van der Waals surface area contributed by atoms with Gasteiger partial charge in [-0.05, 0) is 18.4 Å². The van der Waals surface area contributed by atoms with Gasteiger partial charge in [0, 0.05) is 19.8 Å². The molecule has 2 amide bonds. The van der Waals surface area contributed by atoms with Gasteiger partial charge < -0.3 is 10.2 Å². The normalized spacial score (nSPS) is 18.7. The van der Waals surface area contributed by atoms with Gasteiger partial charge in [-0.15, -0.1) is 0 Å². The quantitative estimate of drug-likeness (QED) is 0.911. The fraction of sp³-hybridized carbons (Fsp3) is 0.389. The first-order valence-corrected chi connectivity index (χ1v) is 8.25. The van der Waals surface area contributed by atoms with E-state index in [9.17, 15) is 9.59 Å². The number of aromatic nitrogens is 2. The van der Waals surface area contributed by atoms with Crippen LogP contribution in [0.5, 0.6) is 0 Å². The minimum Gasteiger partial charge on any atom is -0.344 e. The molecule has 1 N–H and O–H groups in total.